The Hall–Kier alpha value is -1.91. The lowest BCUT2D eigenvalue weighted by Crippen LogP contribution is -2.42. The number of carbonyl (C=O) groups is 1. The van der Waals surface area contributed by atoms with Crippen LogP contribution in [0.1, 0.15) is 18.4 Å². The molecule has 1 saturated heterocycles. The Morgan fingerprint density at radius 3 is 3.00 bits per heavy atom. The minimum atomic E-state index is 0.0630. The van der Waals surface area contributed by atoms with Crippen LogP contribution in [-0.4, -0.2) is 44.3 Å². The van der Waals surface area contributed by atoms with E-state index in [-0.39, 0.29) is 6.03 Å². The molecule has 2 aliphatic heterocycles. The van der Waals surface area contributed by atoms with Crippen molar-refractivity contribution in [1.82, 2.24) is 10.2 Å². The Kier molecular flexibility index (Phi) is 4.18. The van der Waals surface area contributed by atoms with E-state index in [1.165, 1.54) is 5.56 Å². The van der Waals surface area contributed by atoms with Gasteiger partial charge in [0.2, 0.25) is 0 Å². The van der Waals surface area contributed by atoms with Crippen LogP contribution in [0.4, 0.5) is 4.79 Å². The summed E-state index contributed by atoms with van der Waals surface area (Å²) >= 11 is 0. The van der Waals surface area contributed by atoms with Gasteiger partial charge < -0.3 is 19.7 Å². The summed E-state index contributed by atoms with van der Waals surface area (Å²) < 4.78 is 11.0. The monoisotopic (exact) mass is 290 g/mol. The highest BCUT2D eigenvalue weighted by molar-refractivity contribution is 5.74. The van der Waals surface area contributed by atoms with E-state index in [0.29, 0.717) is 19.1 Å². The van der Waals surface area contributed by atoms with Crippen molar-refractivity contribution in [2.45, 2.75) is 19.3 Å². The maximum atomic E-state index is 12.0. The summed E-state index contributed by atoms with van der Waals surface area (Å²) in [5, 5.41) is 3.03. The molecule has 5 heteroatoms. The molecule has 0 radical (unpaired) electrons. The van der Waals surface area contributed by atoms with Crippen LogP contribution in [0.15, 0.2) is 18.2 Å². The number of carbonyl (C=O) groups excluding carboxylic acids is 1. The zero-order chi connectivity index (χ0) is 14.7. The maximum absolute atomic E-state index is 12.0. The molecule has 1 N–H and O–H groups in total. The first-order valence-corrected chi connectivity index (χ1v) is 7.59. The molecule has 21 heavy (non-hydrogen) atoms. The molecular weight excluding hydrogens is 268 g/mol. The standard InChI is InChI=1S/C16H22N2O3/c1-20-14-5-4-13-8-12(11-21-15(13)9-14)10-17-16(19)18-6-2-3-7-18/h4-5,9,12H,2-3,6-8,10-11H2,1H3,(H,17,19)/t12-/m1/s1. The maximum Gasteiger partial charge on any atom is 0.317 e. The molecule has 0 aromatic heterocycles. The Bertz CT molecular complexity index is 512. The van der Waals surface area contributed by atoms with Crippen molar-refractivity contribution in [2.75, 3.05) is 33.4 Å². The van der Waals surface area contributed by atoms with Gasteiger partial charge in [-0.25, -0.2) is 4.79 Å². The summed E-state index contributed by atoms with van der Waals surface area (Å²) in [6.45, 7) is 3.08. The van der Waals surface area contributed by atoms with Crippen LogP contribution in [0.3, 0.4) is 0 Å². The summed E-state index contributed by atoms with van der Waals surface area (Å²) in [6.07, 6.45) is 3.17. The van der Waals surface area contributed by atoms with Gasteiger partial charge in [0, 0.05) is 31.6 Å². The van der Waals surface area contributed by atoms with Crippen LogP contribution in [0.5, 0.6) is 11.5 Å². The SMILES string of the molecule is COc1ccc2c(c1)OC[C@@H](CNC(=O)N1CCCC1)C2. The van der Waals surface area contributed by atoms with Gasteiger partial charge in [-0.2, -0.15) is 0 Å². The Labute approximate surface area is 125 Å². The van der Waals surface area contributed by atoms with Gasteiger partial charge in [-0.1, -0.05) is 6.07 Å². The van der Waals surface area contributed by atoms with Gasteiger partial charge >= 0.3 is 6.03 Å². The van der Waals surface area contributed by atoms with E-state index in [2.05, 4.69) is 5.32 Å². The van der Waals surface area contributed by atoms with Crippen LogP contribution >= 0.6 is 0 Å². The summed E-state index contributed by atoms with van der Waals surface area (Å²) in [6, 6.07) is 5.98. The average Bonchev–Trinajstić information content (AvgIpc) is 3.06. The van der Waals surface area contributed by atoms with E-state index >= 15 is 0 Å². The molecule has 0 aliphatic carbocycles. The van der Waals surface area contributed by atoms with Gasteiger partial charge in [0.05, 0.1) is 13.7 Å². The fourth-order valence-corrected chi connectivity index (χ4v) is 2.94. The number of amides is 2. The number of rotatable bonds is 3. The molecular formula is C16H22N2O3. The highest BCUT2D eigenvalue weighted by atomic mass is 16.5. The second-order valence-electron chi connectivity index (χ2n) is 5.74. The highest BCUT2D eigenvalue weighted by Gasteiger charge is 2.23. The van der Waals surface area contributed by atoms with Crippen molar-refractivity contribution in [2.24, 2.45) is 5.92 Å². The average molecular weight is 290 g/mol. The number of benzene rings is 1. The number of nitrogens with zero attached hydrogens (tertiary/aromatic N) is 1. The highest BCUT2D eigenvalue weighted by Crippen LogP contribution is 2.30. The van der Waals surface area contributed by atoms with Gasteiger partial charge in [-0.15, -0.1) is 0 Å². The van der Waals surface area contributed by atoms with Crippen molar-refractivity contribution in [1.29, 1.82) is 0 Å². The van der Waals surface area contributed by atoms with Crippen molar-refractivity contribution < 1.29 is 14.3 Å². The minimum absolute atomic E-state index is 0.0630. The molecule has 2 aliphatic rings. The summed E-state index contributed by atoms with van der Waals surface area (Å²) in [7, 11) is 1.65. The molecule has 1 fully saturated rings. The third-order valence-corrected chi connectivity index (χ3v) is 4.19. The van der Waals surface area contributed by atoms with Crippen LogP contribution in [0.25, 0.3) is 0 Å². The third-order valence-electron chi connectivity index (χ3n) is 4.19. The Balaban J connectivity index is 1.53. The molecule has 1 aromatic rings. The molecule has 0 bridgehead atoms. The fraction of sp³-hybridized carbons (Fsp3) is 0.562. The van der Waals surface area contributed by atoms with Gasteiger partial charge in [-0.05, 0) is 30.9 Å². The van der Waals surface area contributed by atoms with Crippen LogP contribution < -0.4 is 14.8 Å². The second-order valence-corrected chi connectivity index (χ2v) is 5.74. The number of ether oxygens (including phenoxy) is 2. The lowest BCUT2D eigenvalue weighted by Gasteiger charge is -2.26. The molecule has 2 amide bonds. The van der Waals surface area contributed by atoms with Crippen LogP contribution in [0, 0.1) is 5.92 Å². The van der Waals surface area contributed by atoms with E-state index < -0.39 is 0 Å². The summed E-state index contributed by atoms with van der Waals surface area (Å²) in [5.41, 5.74) is 1.18. The number of hydrogen-bond acceptors (Lipinski definition) is 3. The van der Waals surface area contributed by atoms with E-state index in [0.717, 1.165) is 43.9 Å². The van der Waals surface area contributed by atoms with Gasteiger partial charge in [0.15, 0.2) is 0 Å². The molecule has 0 spiro atoms. The lowest BCUT2D eigenvalue weighted by molar-refractivity contribution is 0.194. The van der Waals surface area contributed by atoms with Gasteiger partial charge in [0.25, 0.3) is 0 Å². The number of methoxy groups -OCH3 is 1. The normalized spacial score (nSPS) is 20.6. The topological polar surface area (TPSA) is 50.8 Å². The van der Waals surface area contributed by atoms with E-state index in [4.69, 9.17) is 9.47 Å². The van der Waals surface area contributed by atoms with Crippen molar-refractivity contribution >= 4 is 6.03 Å². The van der Waals surface area contributed by atoms with E-state index in [1.807, 2.05) is 23.1 Å². The lowest BCUT2D eigenvalue weighted by atomic mass is 9.96. The first-order valence-electron chi connectivity index (χ1n) is 7.59. The van der Waals surface area contributed by atoms with Crippen molar-refractivity contribution in [3.05, 3.63) is 23.8 Å². The number of urea groups is 1. The second kappa shape index (κ2) is 6.24. The molecule has 5 nitrogen and oxygen atoms in total. The molecule has 2 heterocycles. The van der Waals surface area contributed by atoms with Crippen LogP contribution in [-0.2, 0) is 6.42 Å². The Morgan fingerprint density at radius 1 is 1.43 bits per heavy atom. The molecule has 1 atom stereocenters. The number of likely N-dealkylation sites (tertiary alicyclic amines) is 1. The molecule has 0 unspecified atom stereocenters. The van der Waals surface area contributed by atoms with Crippen molar-refractivity contribution in [3.63, 3.8) is 0 Å². The fourth-order valence-electron chi connectivity index (χ4n) is 2.94. The number of nitrogens with one attached hydrogen (secondary N) is 1. The molecule has 0 saturated carbocycles. The van der Waals surface area contributed by atoms with Crippen LogP contribution in [0.2, 0.25) is 0 Å². The molecule has 114 valence electrons. The van der Waals surface area contributed by atoms with Gasteiger partial charge in [-0.3, -0.25) is 0 Å². The number of hydrogen-bond donors (Lipinski definition) is 1. The van der Waals surface area contributed by atoms with Gasteiger partial charge in [0.1, 0.15) is 11.5 Å². The molecule has 3 rings (SSSR count). The minimum Gasteiger partial charge on any atom is -0.497 e. The number of fused-ring (bicyclic) bond motifs is 1. The largest absolute Gasteiger partial charge is 0.497 e. The first kappa shape index (κ1) is 14.0. The van der Waals surface area contributed by atoms with Crippen molar-refractivity contribution in [3.8, 4) is 11.5 Å². The quantitative estimate of drug-likeness (QED) is 0.927. The predicted octanol–water partition coefficient (Wildman–Crippen LogP) is 2.05. The third kappa shape index (κ3) is 3.23. The zero-order valence-corrected chi connectivity index (χ0v) is 12.4. The molecule has 1 aromatic carbocycles. The summed E-state index contributed by atoms with van der Waals surface area (Å²) in [4.78, 5) is 13.9. The zero-order valence-electron chi connectivity index (χ0n) is 12.4. The summed E-state index contributed by atoms with van der Waals surface area (Å²) in [5.74, 6) is 2.04. The Morgan fingerprint density at radius 2 is 2.24 bits per heavy atom. The predicted molar refractivity (Wildman–Crippen MR) is 79.9 cm³/mol. The van der Waals surface area contributed by atoms with E-state index in [9.17, 15) is 4.79 Å². The first-order chi connectivity index (χ1) is 10.3. The van der Waals surface area contributed by atoms with E-state index in [1.54, 1.807) is 7.11 Å². The smallest absolute Gasteiger partial charge is 0.317 e.